The number of rotatable bonds is 5. The predicted molar refractivity (Wildman–Crippen MR) is 64.2 cm³/mol. The van der Waals surface area contributed by atoms with Gasteiger partial charge in [-0.15, -0.1) is 0 Å². The van der Waals surface area contributed by atoms with Crippen LogP contribution in [0.1, 0.15) is 23.7 Å². The highest BCUT2D eigenvalue weighted by atomic mass is 19.1. The molecule has 1 amide bonds. The number of carbonyl (C=O) groups excluding carboxylic acids is 1. The van der Waals surface area contributed by atoms with Crippen LogP contribution in [0.3, 0.4) is 0 Å². The Morgan fingerprint density at radius 2 is 2.29 bits per heavy atom. The number of amides is 1. The normalized spacial score (nSPS) is 12.2. The zero-order valence-electron chi connectivity index (χ0n) is 10.00. The van der Waals surface area contributed by atoms with Crippen LogP contribution >= 0.6 is 0 Å². The molecule has 5 heteroatoms. The van der Waals surface area contributed by atoms with Crippen molar-refractivity contribution in [2.45, 2.75) is 19.4 Å². The molecule has 0 saturated heterocycles. The van der Waals surface area contributed by atoms with Gasteiger partial charge >= 0.3 is 0 Å². The number of nitrogens with one attached hydrogen (secondary N) is 1. The molecule has 4 nitrogen and oxygen atoms in total. The van der Waals surface area contributed by atoms with Crippen LogP contribution in [0.15, 0.2) is 18.2 Å². The number of carbonyl (C=O) groups is 1. The second kappa shape index (κ2) is 6.20. The summed E-state index contributed by atoms with van der Waals surface area (Å²) < 4.78 is 18.3. The smallest absolute Gasteiger partial charge is 0.254 e. The molecule has 0 aliphatic heterocycles. The average molecular weight is 240 g/mol. The van der Waals surface area contributed by atoms with Crippen molar-refractivity contribution < 1.29 is 13.9 Å². The van der Waals surface area contributed by atoms with Gasteiger partial charge in [0.05, 0.1) is 5.56 Å². The van der Waals surface area contributed by atoms with Crippen LogP contribution in [0.2, 0.25) is 0 Å². The standard InChI is InChI=1S/C12H17FN2O2/c1-8(5-6-17-2)15-12(16)10-4-3-9(14)7-11(10)13/h3-4,7-8H,5-6,14H2,1-2H3,(H,15,16). The molecule has 0 spiro atoms. The monoisotopic (exact) mass is 240 g/mol. The van der Waals surface area contributed by atoms with Crippen molar-refractivity contribution in [1.29, 1.82) is 0 Å². The van der Waals surface area contributed by atoms with Gasteiger partial charge in [-0.2, -0.15) is 0 Å². The second-order valence-electron chi connectivity index (χ2n) is 3.90. The van der Waals surface area contributed by atoms with E-state index in [0.717, 1.165) is 6.07 Å². The highest BCUT2D eigenvalue weighted by Crippen LogP contribution is 2.12. The first-order chi connectivity index (χ1) is 8.04. The van der Waals surface area contributed by atoms with Gasteiger partial charge in [0.15, 0.2) is 0 Å². The van der Waals surface area contributed by atoms with Gasteiger partial charge in [0, 0.05) is 25.4 Å². The molecule has 0 aliphatic rings. The maximum absolute atomic E-state index is 13.4. The highest BCUT2D eigenvalue weighted by Gasteiger charge is 2.13. The van der Waals surface area contributed by atoms with Gasteiger partial charge in [-0.1, -0.05) is 0 Å². The van der Waals surface area contributed by atoms with Crippen LogP contribution in [-0.2, 0) is 4.74 Å². The van der Waals surface area contributed by atoms with Crippen LogP contribution < -0.4 is 11.1 Å². The first-order valence-corrected chi connectivity index (χ1v) is 5.39. The Morgan fingerprint density at radius 3 is 2.88 bits per heavy atom. The third kappa shape index (κ3) is 4.03. The molecule has 3 N–H and O–H groups in total. The number of nitrogen functional groups attached to an aromatic ring is 1. The van der Waals surface area contributed by atoms with Gasteiger partial charge in [-0.25, -0.2) is 4.39 Å². The average Bonchev–Trinajstić information content (AvgIpc) is 2.26. The lowest BCUT2D eigenvalue weighted by Gasteiger charge is -2.13. The van der Waals surface area contributed by atoms with E-state index in [1.165, 1.54) is 12.1 Å². The zero-order chi connectivity index (χ0) is 12.8. The summed E-state index contributed by atoms with van der Waals surface area (Å²) in [6.45, 7) is 2.39. The molecule has 1 unspecified atom stereocenters. The van der Waals surface area contributed by atoms with Crippen LogP contribution in [0, 0.1) is 5.82 Å². The molecule has 0 radical (unpaired) electrons. The van der Waals surface area contributed by atoms with Crippen LogP contribution in [0.4, 0.5) is 10.1 Å². The topological polar surface area (TPSA) is 64.3 Å². The van der Waals surface area contributed by atoms with E-state index in [9.17, 15) is 9.18 Å². The maximum atomic E-state index is 13.4. The van der Waals surface area contributed by atoms with Crippen molar-refractivity contribution in [2.24, 2.45) is 0 Å². The maximum Gasteiger partial charge on any atom is 0.254 e. The molecule has 0 aromatic heterocycles. The summed E-state index contributed by atoms with van der Waals surface area (Å²) in [6, 6.07) is 3.94. The second-order valence-corrected chi connectivity index (χ2v) is 3.90. The van der Waals surface area contributed by atoms with Crippen molar-refractivity contribution in [3.05, 3.63) is 29.6 Å². The van der Waals surface area contributed by atoms with Gasteiger partial charge in [0.1, 0.15) is 5.82 Å². The Morgan fingerprint density at radius 1 is 1.59 bits per heavy atom. The number of anilines is 1. The summed E-state index contributed by atoms with van der Waals surface area (Å²) in [6.07, 6.45) is 0.679. The lowest BCUT2D eigenvalue weighted by Crippen LogP contribution is -2.33. The van der Waals surface area contributed by atoms with E-state index in [-0.39, 0.29) is 11.6 Å². The van der Waals surface area contributed by atoms with Crippen molar-refractivity contribution >= 4 is 11.6 Å². The zero-order valence-corrected chi connectivity index (χ0v) is 10.00. The van der Waals surface area contributed by atoms with E-state index in [0.29, 0.717) is 18.7 Å². The van der Waals surface area contributed by atoms with E-state index >= 15 is 0 Å². The van der Waals surface area contributed by atoms with Crippen LogP contribution in [-0.4, -0.2) is 25.7 Å². The lowest BCUT2D eigenvalue weighted by molar-refractivity contribution is 0.0925. The Bertz CT molecular complexity index is 396. The molecule has 1 rings (SSSR count). The molecule has 0 bridgehead atoms. The third-order valence-electron chi connectivity index (χ3n) is 2.37. The molecular weight excluding hydrogens is 223 g/mol. The Labute approximate surface area is 100.0 Å². The number of benzene rings is 1. The molecule has 0 saturated carbocycles. The predicted octanol–water partition coefficient (Wildman–Crippen LogP) is 1.56. The summed E-state index contributed by atoms with van der Waals surface area (Å²) in [5, 5.41) is 2.69. The minimum absolute atomic E-state index is 0.00321. The number of methoxy groups -OCH3 is 1. The fourth-order valence-electron chi connectivity index (χ4n) is 1.38. The first kappa shape index (κ1) is 13.4. The third-order valence-corrected chi connectivity index (χ3v) is 2.37. The molecule has 1 aromatic carbocycles. The van der Waals surface area contributed by atoms with Gasteiger partial charge < -0.3 is 15.8 Å². The van der Waals surface area contributed by atoms with Crippen LogP contribution in [0.5, 0.6) is 0 Å². The molecular formula is C12H17FN2O2. The molecule has 94 valence electrons. The van der Waals surface area contributed by atoms with Gasteiger partial charge in [0.25, 0.3) is 5.91 Å². The Hall–Kier alpha value is -1.62. The number of nitrogens with two attached hydrogens (primary N) is 1. The Balaban J connectivity index is 2.63. The van der Waals surface area contributed by atoms with Gasteiger partial charge in [-0.05, 0) is 31.5 Å². The van der Waals surface area contributed by atoms with E-state index in [1.54, 1.807) is 7.11 Å². The molecule has 17 heavy (non-hydrogen) atoms. The Kier molecular flexibility index (Phi) is 4.90. The largest absolute Gasteiger partial charge is 0.399 e. The van der Waals surface area contributed by atoms with Crippen molar-refractivity contribution in [3.63, 3.8) is 0 Å². The highest BCUT2D eigenvalue weighted by molar-refractivity contribution is 5.94. The molecule has 0 heterocycles. The summed E-state index contributed by atoms with van der Waals surface area (Å²) in [5.41, 5.74) is 5.71. The van der Waals surface area contributed by atoms with E-state index in [4.69, 9.17) is 10.5 Å². The molecule has 0 aliphatic carbocycles. The molecule has 0 fully saturated rings. The van der Waals surface area contributed by atoms with E-state index < -0.39 is 11.7 Å². The van der Waals surface area contributed by atoms with E-state index in [2.05, 4.69) is 5.32 Å². The minimum atomic E-state index is -0.610. The summed E-state index contributed by atoms with van der Waals surface area (Å²) in [5.74, 6) is -1.05. The van der Waals surface area contributed by atoms with Crippen molar-refractivity contribution in [3.8, 4) is 0 Å². The molecule has 1 atom stereocenters. The van der Waals surface area contributed by atoms with Crippen molar-refractivity contribution in [1.82, 2.24) is 5.32 Å². The summed E-state index contributed by atoms with van der Waals surface area (Å²) >= 11 is 0. The molecule has 1 aromatic rings. The lowest BCUT2D eigenvalue weighted by atomic mass is 10.1. The number of hydrogen-bond donors (Lipinski definition) is 2. The van der Waals surface area contributed by atoms with Gasteiger partial charge in [-0.3, -0.25) is 4.79 Å². The van der Waals surface area contributed by atoms with Crippen molar-refractivity contribution in [2.75, 3.05) is 19.5 Å². The van der Waals surface area contributed by atoms with Gasteiger partial charge in [0.2, 0.25) is 0 Å². The quantitative estimate of drug-likeness (QED) is 0.768. The minimum Gasteiger partial charge on any atom is -0.399 e. The number of hydrogen-bond acceptors (Lipinski definition) is 3. The first-order valence-electron chi connectivity index (χ1n) is 5.39. The van der Waals surface area contributed by atoms with Crippen LogP contribution in [0.25, 0.3) is 0 Å². The SMILES string of the molecule is COCCC(C)NC(=O)c1ccc(N)cc1F. The fourth-order valence-corrected chi connectivity index (χ4v) is 1.38. The fraction of sp³-hybridized carbons (Fsp3) is 0.417. The number of halogens is 1. The summed E-state index contributed by atoms with van der Waals surface area (Å²) in [7, 11) is 1.59. The number of ether oxygens (including phenoxy) is 1. The van der Waals surface area contributed by atoms with E-state index in [1.807, 2.05) is 6.92 Å². The summed E-state index contributed by atoms with van der Waals surface area (Å²) in [4.78, 5) is 11.7.